The molecule has 5 nitrogen and oxygen atoms in total. The predicted molar refractivity (Wildman–Crippen MR) is 75.6 cm³/mol. The highest BCUT2D eigenvalue weighted by Crippen LogP contribution is 2.21. The maximum absolute atomic E-state index is 12.1. The zero-order valence-corrected chi connectivity index (χ0v) is 11.7. The van der Waals surface area contributed by atoms with Gasteiger partial charge in [-0.05, 0) is 37.7 Å². The fourth-order valence-corrected chi connectivity index (χ4v) is 2.26. The molecular weight excluding hydrogens is 242 g/mol. The lowest BCUT2D eigenvalue weighted by atomic mass is 10.1. The van der Waals surface area contributed by atoms with Gasteiger partial charge < -0.3 is 20.3 Å². The van der Waals surface area contributed by atoms with E-state index in [1.165, 1.54) is 0 Å². The summed E-state index contributed by atoms with van der Waals surface area (Å²) in [6, 6.07) is 5.49. The number of amides is 1. The van der Waals surface area contributed by atoms with E-state index in [1.807, 2.05) is 32.2 Å². The zero-order chi connectivity index (χ0) is 13.8. The number of hydrogen-bond donors (Lipinski definition) is 2. The molecular formula is C14H21N3O2. The molecule has 0 aromatic heterocycles. The number of piperazine rings is 1. The third-order valence-electron chi connectivity index (χ3n) is 3.36. The van der Waals surface area contributed by atoms with Gasteiger partial charge in [-0.2, -0.15) is 0 Å². The van der Waals surface area contributed by atoms with Crippen LogP contribution in [0.25, 0.3) is 0 Å². The first kappa shape index (κ1) is 13.8. The Balaban J connectivity index is 2.00. The molecule has 1 aromatic carbocycles. The smallest absolute Gasteiger partial charge is 0.242 e. The largest absolute Gasteiger partial charge is 0.496 e. The molecule has 0 aliphatic carbocycles. The average Bonchev–Trinajstić information content (AvgIpc) is 2.39. The number of anilines is 1. The van der Waals surface area contributed by atoms with Crippen molar-refractivity contribution in [3.05, 3.63) is 23.8 Å². The number of likely N-dealkylation sites (N-methyl/N-ethyl adjacent to an activating group) is 1. The summed E-state index contributed by atoms with van der Waals surface area (Å²) < 4.78 is 5.20. The average molecular weight is 263 g/mol. The van der Waals surface area contributed by atoms with Gasteiger partial charge in [0.05, 0.1) is 13.2 Å². The van der Waals surface area contributed by atoms with Crippen molar-refractivity contribution in [2.45, 2.75) is 13.0 Å². The van der Waals surface area contributed by atoms with Crippen molar-refractivity contribution in [3.8, 4) is 5.75 Å². The lowest BCUT2D eigenvalue weighted by Gasteiger charge is -2.29. The van der Waals surface area contributed by atoms with E-state index in [0.717, 1.165) is 36.6 Å². The molecule has 0 saturated carbocycles. The van der Waals surface area contributed by atoms with Crippen molar-refractivity contribution in [2.24, 2.45) is 0 Å². The molecule has 0 bridgehead atoms. The number of aryl methyl sites for hydroxylation is 1. The van der Waals surface area contributed by atoms with Crippen LogP contribution in [0.1, 0.15) is 5.56 Å². The molecule has 0 spiro atoms. The molecule has 2 N–H and O–H groups in total. The normalized spacial score (nSPS) is 20.1. The van der Waals surface area contributed by atoms with Crippen molar-refractivity contribution >= 4 is 11.6 Å². The van der Waals surface area contributed by atoms with Gasteiger partial charge in [0, 0.05) is 25.3 Å². The molecule has 1 saturated heterocycles. The van der Waals surface area contributed by atoms with Crippen molar-refractivity contribution in [1.82, 2.24) is 10.2 Å². The van der Waals surface area contributed by atoms with E-state index in [1.54, 1.807) is 7.11 Å². The topological polar surface area (TPSA) is 53.6 Å². The van der Waals surface area contributed by atoms with E-state index < -0.39 is 0 Å². The fourth-order valence-electron chi connectivity index (χ4n) is 2.26. The molecule has 1 unspecified atom stereocenters. The van der Waals surface area contributed by atoms with Crippen LogP contribution in [0.4, 0.5) is 5.69 Å². The Kier molecular flexibility index (Phi) is 4.39. The minimum absolute atomic E-state index is 0.0103. The molecule has 5 heteroatoms. The first-order valence-electron chi connectivity index (χ1n) is 6.47. The maximum Gasteiger partial charge on any atom is 0.242 e. The lowest BCUT2D eigenvalue weighted by Crippen LogP contribution is -2.54. The number of carbonyl (C=O) groups is 1. The van der Waals surface area contributed by atoms with E-state index in [9.17, 15) is 4.79 Å². The third kappa shape index (κ3) is 3.45. The number of nitrogens with one attached hydrogen (secondary N) is 2. The Morgan fingerprint density at radius 2 is 2.32 bits per heavy atom. The Morgan fingerprint density at radius 1 is 1.53 bits per heavy atom. The third-order valence-corrected chi connectivity index (χ3v) is 3.36. The molecule has 104 valence electrons. The molecule has 1 aliphatic heterocycles. The number of hydrogen-bond acceptors (Lipinski definition) is 4. The molecule has 1 heterocycles. The highest BCUT2D eigenvalue weighted by atomic mass is 16.5. The Morgan fingerprint density at radius 3 is 2.95 bits per heavy atom. The van der Waals surface area contributed by atoms with Crippen LogP contribution in [0.15, 0.2) is 18.2 Å². The molecule has 2 rings (SSSR count). The van der Waals surface area contributed by atoms with Crippen molar-refractivity contribution in [2.75, 3.05) is 39.1 Å². The number of rotatable bonds is 3. The van der Waals surface area contributed by atoms with Crippen LogP contribution < -0.4 is 15.4 Å². The van der Waals surface area contributed by atoms with E-state index in [0.29, 0.717) is 0 Å². The van der Waals surface area contributed by atoms with Crippen LogP contribution in [0.3, 0.4) is 0 Å². The van der Waals surface area contributed by atoms with Crippen LogP contribution in [0.5, 0.6) is 5.75 Å². The van der Waals surface area contributed by atoms with Crippen LogP contribution in [0.2, 0.25) is 0 Å². The Bertz CT molecular complexity index is 462. The lowest BCUT2D eigenvalue weighted by molar-refractivity contribution is -0.119. The molecule has 0 radical (unpaired) electrons. The highest BCUT2D eigenvalue weighted by Gasteiger charge is 2.23. The van der Waals surface area contributed by atoms with Gasteiger partial charge in [-0.3, -0.25) is 4.79 Å². The second kappa shape index (κ2) is 6.04. The van der Waals surface area contributed by atoms with E-state index in [-0.39, 0.29) is 11.9 Å². The summed E-state index contributed by atoms with van der Waals surface area (Å²) in [6.07, 6.45) is 0. The minimum atomic E-state index is -0.152. The SMILES string of the molecule is COc1ccc(NC(=O)C2CN(C)CCN2)cc1C. The van der Waals surface area contributed by atoms with Crippen LogP contribution in [-0.4, -0.2) is 50.6 Å². The summed E-state index contributed by atoms with van der Waals surface area (Å²) >= 11 is 0. The van der Waals surface area contributed by atoms with Crippen LogP contribution in [-0.2, 0) is 4.79 Å². The van der Waals surface area contributed by atoms with Crippen LogP contribution >= 0.6 is 0 Å². The van der Waals surface area contributed by atoms with Gasteiger partial charge in [0.2, 0.25) is 5.91 Å². The summed E-state index contributed by atoms with van der Waals surface area (Å²) in [4.78, 5) is 14.3. The number of carbonyl (C=O) groups excluding carboxylic acids is 1. The van der Waals surface area contributed by atoms with E-state index in [2.05, 4.69) is 15.5 Å². The highest BCUT2D eigenvalue weighted by molar-refractivity contribution is 5.95. The van der Waals surface area contributed by atoms with Gasteiger partial charge >= 0.3 is 0 Å². The van der Waals surface area contributed by atoms with Gasteiger partial charge in [-0.25, -0.2) is 0 Å². The summed E-state index contributed by atoms with van der Waals surface area (Å²) in [7, 11) is 3.67. The van der Waals surface area contributed by atoms with Gasteiger partial charge in [0.15, 0.2) is 0 Å². The summed E-state index contributed by atoms with van der Waals surface area (Å²) in [6.45, 7) is 4.52. The van der Waals surface area contributed by atoms with Gasteiger partial charge in [0.25, 0.3) is 0 Å². The van der Waals surface area contributed by atoms with Crippen molar-refractivity contribution < 1.29 is 9.53 Å². The maximum atomic E-state index is 12.1. The van der Waals surface area contributed by atoms with E-state index in [4.69, 9.17) is 4.74 Å². The monoisotopic (exact) mass is 263 g/mol. The summed E-state index contributed by atoms with van der Waals surface area (Å²) in [5, 5.41) is 6.17. The molecule has 19 heavy (non-hydrogen) atoms. The van der Waals surface area contributed by atoms with Crippen molar-refractivity contribution in [1.29, 1.82) is 0 Å². The number of nitrogens with zero attached hydrogens (tertiary/aromatic N) is 1. The van der Waals surface area contributed by atoms with Crippen LogP contribution in [0, 0.1) is 6.92 Å². The number of methoxy groups -OCH3 is 1. The quantitative estimate of drug-likeness (QED) is 0.849. The number of benzene rings is 1. The standard InChI is InChI=1S/C14H21N3O2/c1-10-8-11(4-5-13(10)19-3)16-14(18)12-9-17(2)7-6-15-12/h4-5,8,12,15H,6-7,9H2,1-3H3,(H,16,18). The first-order valence-corrected chi connectivity index (χ1v) is 6.47. The Labute approximate surface area is 113 Å². The summed E-state index contributed by atoms with van der Waals surface area (Å²) in [5.41, 5.74) is 1.81. The van der Waals surface area contributed by atoms with E-state index >= 15 is 0 Å². The minimum Gasteiger partial charge on any atom is -0.496 e. The molecule has 1 amide bonds. The second-order valence-electron chi connectivity index (χ2n) is 4.94. The first-order chi connectivity index (χ1) is 9.10. The molecule has 1 aliphatic rings. The Hall–Kier alpha value is -1.59. The van der Waals surface area contributed by atoms with Crippen molar-refractivity contribution in [3.63, 3.8) is 0 Å². The molecule has 1 aromatic rings. The summed E-state index contributed by atoms with van der Waals surface area (Å²) in [5.74, 6) is 0.838. The molecule has 1 atom stereocenters. The fraction of sp³-hybridized carbons (Fsp3) is 0.500. The van der Waals surface area contributed by atoms with Gasteiger partial charge in [-0.15, -0.1) is 0 Å². The number of ether oxygens (including phenoxy) is 1. The second-order valence-corrected chi connectivity index (χ2v) is 4.94. The predicted octanol–water partition coefficient (Wildman–Crippen LogP) is 0.846. The molecule has 1 fully saturated rings. The zero-order valence-electron chi connectivity index (χ0n) is 11.7. The van der Waals surface area contributed by atoms with Gasteiger partial charge in [0.1, 0.15) is 5.75 Å². The van der Waals surface area contributed by atoms with Gasteiger partial charge in [-0.1, -0.05) is 0 Å².